The Morgan fingerprint density at radius 1 is 1.12 bits per heavy atom. The first-order valence-electron chi connectivity index (χ1n) is 10.6. The molecule has 1 aliphatic heterocycles. The molecule has 0 saturated carbocycles. The molecular weight excluding hydrogens is 468 g/mol. The number of para-hydroxylation sites is 2. The standard InChI is InChI=1S/C26H27BrN2O3/c1-15-22(25(31)29-18-7-5-6-8-21(18)32-4)23(16-9-11-17(27)12-10-16)24-19(28-15)13-26(2,3)14-20(24)30/h5-12,23,28H,13-14H2,1-4H3,(H,29,31)/t23-/m0/s1. The lowest BCUT2D eigenvalue weighted by molar-refractivity contribution is -0.118. The smallest absolute Gasteiger partial charge is 0.254 e. The van der Waals surface area contributed by atoms with Gasteiger partial charge in [0.15, 0.2) is 5.78 Å². The number of Topliss-reactive ketones (excluding diaryl/α,β-unsaturated/α-hetero) is 1. The number of ketones is 1. The number of rotatable bonds is 4. The van der Waals surface area contributed by atoms with Crippen LogP contribution in [-0.2, 0) is 9.59 Å². The number of ether oxygens (including phenoxy) is 1. The summed E-state index contributed by atoms with van der Waals surface area (Å²) in [5.74, 6) is -0.0144. The quantitative estimate of drug-likeness (QED) is 0.571. The number of carbonyl (C=O) groups is 2. The van der Waals surface area contributed by atoms with Crippen molar-refractivity contribution in [3.8, 4) is 5.75 Å². The second-order valence-corrected chi connectivity index (χ2v) is 10.1. The largest absolute Gasteiger partial charge is 0.495 e. The van der Waals surface area contributed by atoms with Crippen LogP contribution in [-0.4, -0.2) is 18.8 Å². The minimum atomic E-state index is -0.433. The number of hydrogen-bond acceptors (Lipinski definition) is 4. The molecule has 0 fully saturated rings. The van der Waals surface area contributed by atoms with Crippen molar-refractivity contribution in [2.75, 3.05) is 12.4 Å². The van der Waals surface area contributed by atoms with Crippen LogP contribution in [0.5, 0.6) is 5.75 Å². The highest BCUT2D eigenvalue weighted by atomic mass is 79.9. The monoisotopic (exact) mass is 494 g/mol. The topological polar surface area (TPSA) is 67.4 Å². The molecule has 4 rings (SSSR count). The van der Waals surface area contributed by atoms with Crippen LogP contribution >= 0.6 is 15.9 Å². The van der Waals surface area contributed by atoms with Crippen LogP contribution in [0.2, 0.25) is 0 Å². The summed E-state index contributed by atoms with van der Waals surface area (Å²) in [5, 5.41) is 6.39. The van der Waals surface area contributed by atoms with E-state index in [1.54, 1.807) is 19.2 Å². The third-order valence-corrected chi connectivity index (χ3v) is 6.57. The van der Waals surface area contributed by atoms with Crippen molar-refractivity contribution in [2.45, 2.75) is 39.5 Å². The second-order valence-electron chi connectivity index (χ2n) is 9.14. The van der Waals surface area contributed by atoms with E-state index < -0.39 is 5.92 Å². The molecule has 1 atom stereocenters. The predicted octanol–water partition coefficient (Wildman–Crippen LogP) is 5.70. The fourth-order valence-electron chi connectivity index (χ4n) is 4.66. The van der Waals surface area contributed by atoms with Crippen molar-refractivity contribution in [2.24, 2.45) is 5.41 Å². The average molecular weight is 495 g/mol. The van der Waals surface area contributed by atoms with Crippen LogP contribution in [0.1, 0.15) is 45.1 Å². The molecule has 1 heterocycles. The molecule has 166 valence electrons. The highest BCUT2D eigenvalue weighted by molar-refractivity contribution is 9.10. The summed E-state index contributed by atoms with van der Waals surface area (Å²) < 4.78 is 6.34. The van der Waals surface area contributed by atoms with Gasteiger partial charge < -0.3 is 15.4 Å². The van der Waals surface area contributed by atoms with Gasteiger partial charge in [0, 0.05) is 39.4 Å². The first-order chi connectivity index (χ1) is 15.2. The number of hydrogen-bond donors (Lipinski definition) is 2. The average Bonchev–Trinajstić information content (AvgIpc) is 2.72. The number of dihydropyridines is 1. The van der Waals surface area contributed by atoms with Gasteiger partial charge >= 0.3 is 0 Å². The predicted molar refractivity (Wildman–Crippen MR) is 129 cm³/mol. The molecule has 6 heteroatoms. The molecule has 2 aromatic rings. The molecule has 2 aliphatic rings. The third-order valence-electron chi connectivity index (χ3n) is 6.04. The highest BCUT2D eigenvalue weighted by Gasteiger charge is 2.42. The molecule has 5 nitrogen and oxygen atoms in total. The van der Waals surface area contributed by atoms with Gasteiger partial charge in [-0.3, -0.25) is 9.59 Å². The number of halogens is 1. The summed E-state index contributed by atoms with van der Waals surface area (Å²) in [6.07, 6.45) is 1.22. The number of benzene rings is 2. The van der Waals surface area contributed by atoms with Crippen LogP contribution in [0, 0.1) is 5.41 Å². The molecule has 0 aromatic heterocycles. The molecule has 0 radical (unpaired) electrons. The molecule has 1 aliphatic carbocycles. The zero-order chi connectivity index (χ0) is 23.0. The maximum atomic E-state index is 13.6. The fourth-order valence-corrected chi connectivity index (χ4v) is 4.93. The number of nitrogens with one attached hydrogen (secondary N) is 2. The summed E-state index contributed by atoms with van der Waals surface area (Å²) in [6, 6.07) is 15.1. The Bertz CT molecular complexity index is 1150. The van der Waals surface area contributed by atoms with Crippen LogP contribution in [0.15, 0.2) is 75.5 Å². The Morgan fingerprint density at radius 3 is 2.50 bits per heavy atom. The Balaban J connectivity index is 1.80. The van der Waals surface area contributed by atoms with Gasteiger partial charge in [0.25, 0.3) is 5.91 Å². The van der Waals surface area contributed by atoms with Crippen molar-refractivity contribution in [3.63, 3.8) is 0 Å². The summed E-state index contributed by atoms with van der Waals surface area (Å²) in [5.41, 5.74) is 4.31. The first-order valence-corrected chi connectivity index (χ1v) is 11.4. The number of methoxy groups -OCH3 is 1. The lowest BCUT2D eigenvalue weighted by Crippen LogP contribution is -2.39. The first kappa shape index (κ1) is 22.3. The van der Waals surface area contributed by atoms with Gasteiger partial charge in [-0.2, -0.15) is 0 Å². The van der Waals surface area contributed by atoms with Crippen LogP contribution < -0.4 is 15.4 Å². The Hall–Kier alpha value is -2.86. The number of carbonyl (C=O) groups excluding carboxylic acids is 2. The van der Waals surface area contributed by atoms with Gasteiger partial charge in [-0.05, 0) is 48.6 Å². The zero-order valence-electron chi connectivity index (χ0n) is 18.7. The summed E-state index contributed by atoms with van der Waals surface area (Å²) >= 11 is 3.48. The van der Waals surface area contributed by atoms with Crippen LogP contribution in [0.25, 0.3) is 0 Å². The van der Waals surface area contributed by atoms with Crippen molar-refractivity contribution in [1.82, 2.24) is 5.32 Å². The normalized spacial score (nSPS) is 19.9. The maximum absolute atomic E-state index is 13.6. The second kappa shape index (κ2) is 8.58. The molecule has 0 bridgehead atoms. The molecule has 0 spiro atoms. The Labute approximate surface area is 197 Å². The minimum absolute atomic E-state index is 0.0896. The lowest BCUT2D eigenvalue weighted by atomic mass is 9.68. The van der Waals surface area contributed by atoms with E-state index in [1.165, 1.54) is 0 Å². The van der Waals surface area contributed by atoms with E-state index >= 15 is 0 Å². The molecule has 32 heavy (non-hydrogen) atoms. The van der Waals surface area contributed by atoms with E-state index in [2.05, 4.69) is 40.4 Å². The van der Waals surface area contributed by atoms with Crippen molar-refractivity contribution < 1.29 is 14.3 Å². The van der Waals surface area contributed by atoms with Gasteiger partial charge in [0.1, 0.15) is 5.75 Å². The van der Waals surface area contributed by atoms with E-state index in [0.29, 0.717) is 29.0 Å². The van der Waals surface area contributed by atoms with Crippen LogP contribution in [0.4, 0.5) is 5.69 Å². The summed E-state index contributed by atoms with van der Waals surface area (Å²) in [4.78, 5) is 26.9. The Morgan fingerprint density at radius 2 is 1.81 bits per heavy atom. The van der Waals surface area contributed by atoms with Gasteiger partial charge in [-0.1, -0.05) is 54.0 Å². The van der Waals surface area contributed by atoms with Crippen molar-refractivity contribution in [1.29, 1.82) is 0 Å². The summed E-state index contributed by atoms with van der Waals surface area (Å²) in [7, 11) is 1.57. The minimum Gasteiger partial charge on any atom is -0.495 e. The van der Waals surface area contributed by atoms with Gasteiger partial charge in [-0.25, -0.2) is 0 Å². The van der Waals surface area contributed by atoms with Crippen LogP contribution in [0.3, 0.4) is 0 Å². The van der Waals surface area contributed by atoms with Gasteiger partial charge in [-0.15, -0.1) is 0 Å². The van der Waals surface area contributed by atoms with E-state index in [4.69, 9.17) is 4.74 Å². The fraction of sp³-hybridized carbons (Fsp3) is 0.308. The maximum Gasteiger partial charge on any atom is 0.254 e. The van der Waals surface area contributed by atoms with E-state index in [1.807, 2.05) is 43.3 Å². The lowest BCUT2D eigenvalue weighted by Gasteiger charge is -2.39. The molecule has 2 aromatic carbocycles. The van der Waals surface area contributed by atoms with Crippen molar-refractivity contribution >= 4 is 33.3 Å². The number of allylic oxidation sites excluding steroid dienone is 3. The third kappa shape index (κ3) is 4.24. The van der Waals surface area contributed by atoms with Gasteiger partial charge in [0.2, 0.25) is 0 Å². The number of amides is 1. The van der Waals surface area contributed by atoms with E-state index in [-0.39, 0.29) is 17.1 Å². The molecule has 0 unspecified atom stereocenters. The SMILES string of the molecule is COc1ccccc1NC(=O)C1=C(C)NC2=C(C(=O)CC(C)(C)C2)[C@H]1c1ccc(Br)cc1. The van der Waals surface area contributed by atoms with Gasteiger partial charge in [0.05, 0.1) is 12.8 Å². The molecule has 0 saturated heterocycles. The molecule has 2 N–H and O–H groups in total. The van der Waals surface area contributed by atoms with Crippen molar-refractivity contribution in [3.05, 3.63) is 81.1 Å². The number of anilines is 1. The van der Waals surface area contributed by atoms with E-state index in [0.717, 1.165) is 27.9 Å². The molecular formula is C26H27BrN2O3. The molecule has 1 amide bonds. The Kier molecular flexibility index (Phi) is 5.99. The van der Waals surface area contributed by atoms with E-state index in [9.17, 15) is 9.59 Å². The zero-order valence-corrected chi connectivity index (χ0v) is 20.3. The highest BCUT2D eigenvalue weighted by Crippen LogP contribution is 2.47. The summed E-state index contributed by atoms with van der Waals surface area (Å²) in [6.45, 7) is 6.11.